The molecule has 6 heteroatoms. The summed E-state index contributed by atoms with van der Waals surface area (Å²) < 4.78 is 31.7. The molecule has 1 N–H and O–H groups in total. The molecule has 0 saturated carbocycles. The molecule has 0 saturated heterocycles. The summed E-state index contributed by atoms with van der Waals surface area (Å²) in [6.45, 7) is 1.43. The molecule has 56 valence electrons. The van der Waals surface area contributed by atoms with E-state index in [-0.39, 0.29) is 5.88 Å². The molecule has 1 atom stereocenters. The molecule has 0 aromatic carbocycles. The molecule has 0 aliphatic carbocycles. The van der Waals surface area contributed by atoms with Crippen molar-refractivity contribution in [3.05, 3.63) is 0 Å². The van der Waals surface area contributed by atoms with Gasteiger partial charge in [-0.3, -0.25) is 4.55 Å². The number of rotatable bonds is 3. The fourth-order valence-corrected chi connectivity index (χ4v) is 0.854. The van der Waals surface area contributed by atoms with Gasteiger partial charge in [-0.1, -0.05) is 0 Å². The highest BCUT2D eigenvalue weighted by molar-refractivity contribution is 7.80. The minimum Gasteiger partial charge on any atom is -0.264 e. The highest BCUT2D eigenvalue weighted by Gasteiger charge is 2.09. The minimum absolute atomic E-state index is 0.0276. The van der Waals surface area contributed by atoms with Crippen LogP contribution in [0.2, 0.25) is 0 Å². The van der Waals surface area contributed by atoms with Gasteiger partial charge in [-0.25, -0.2) is 4.18 Å². The van der Waals surface area contributed by atoms with Gasteiger partial charge >= 0.3 is 10.4 Å². The zero-order valence-electron chi connectivity index (χ0n) is 4.74. The van der Waals surface area contributed by atoms with E-state index in [0.29, 0.717) is 0 Å². The average molecular weight is 175 g/mol. The van der Waals surface area contributed by atoms with E-state index in [9.17, 15) is 8.42 Å². The summed E-state index contributed by atoms with van der Waals surface area (Å²) in [5.74, 6) is 0.0276. The molecule has 4 nitrogen and oxygen atoms in total. The van der Waals surface area contributed by atoms with Crippen LogP contribution in [0.4, 0.5) is 0 Å². The first-order valence-electron chi connectivity index (χ1n) is 2.17. The standard InChI is InChI=1S/C3H7ClO4S/c1-3(2-4)8-9(5,6)7/h3H,2H2,1H3,(H,5,6,7). The van der Waals surface area contributed by atoms with Gasteiger partial charge in [0.2, 0.25) is 0 Å². The second kappa shape index (κ2) is 3.36. The summed E-state index contributed by atoms with van der Waals surface area (Å²) in [6, 6.07) is 0. The molecule has 0 spiro atoms. The van der Waals surface area contributed by atoms with E-state index >= 15 is 0 Å². The molecule has 0 aromatic rings. The molecule has 0 aliphatic heterocycles. The average Bonchev–Trinajstić information content (AvgIpc) is 1.62. The Balaban J connectivity index is 3.75. The van der Waals surface area contributed by atoms with Gasteiger partial charge in [0.25, 0.3) is 0 Å². The first-order chi connectivity index (χ1) is 3.95. The molecule has 0 bridgehead atoms. The summed E-state index contributed by atoms with van der Waals surface area (Å²) in [5, 5.41) is 0. The van der Waals surface area contributed by atoms with Gasteiger partial charge in [0.1, 0.15) is 0 Å². The molecule has 0 radical (unpaired) electrons. The highest BCUT2D eigenvalue weighted by atomic mass is 35.5. The molecule has 0 heterocycles. The second-order valence-electron chi connectivity index (χ2n) is 1.49. The lowest BCUT2D eigenvalue weighted by Gasteiger charge is -2.03. The third kappa shape index (κ3) is 6.04. The summed E-state index contributed by atoms with van der Waals surface area (Å²) >= 11 is 5.16. The third-order valence-corrected chi connectivity index (χ3v) is 1.51. The second-order valence-corrected chi connectivity index (χ2v) is 2.85. The van der Waals surface area contributed by atoms with Crippen LogP contribution in [-0.4, -0.2) is 25.0 Å². The van der Waals surface area contributed by atoms with Crippen molar-refractivity contribution in [1.29, 1.82) is 0 Å². The molecule has 9 heavy (non-hydrogen) atoms. The van der Waals surface area contributed by atoms with Gasteiger partial charge in [0.15, 0.2) is 0 Å². The van der Waals surface area contributed by atoms with Crippen molar-refractivity contribution >= 4 is 22.0 Å². The normalized spacial score (nSPS) is 15.4. The van der Waals surface area contributed by atoms with Gasteiger partial charge in [0.05, 0.1) is 6.10 Å². The Morgan fingerprint density at radius 2 is 2.22 bits per heavy atom. The van der Waals surface area contributed by atoms with Crippen LogP contribution in [0.15, 0.2) is 0 Å². The first-order valence-corrected chi connectivity index (χ1v) is 4.07. The van der Waals surface area contributed by atoms with E-state index in [4.69, 9.17) is 16.2 Å². The zero-order valence-corrected chi connectivity index (χ0v) is 6.32. The van der Waals surface area contributed by atoms with Gasteiger partial charge in [-0.2, -0.15) is 8.42 Å². The Hall–Kier alpha value is 0.160. The highest BCUT2D eigenvalue weighted by Crippen LogP contribution is 1.97. The van der Waals surface area contributed by atoms with Crippen molar-refractivity contribution in [2.24, 2.45) is 0 Å². The quantitative estimate of drug-likeness (QED) is 0.498. The molecule has 0 aromatic heterocycles. The van der Waals surface area contributed by atoms with Crippen molar-refractivity contribution in [2.45, 2.75) is 13.0 Å². The Kier molecular flexibility index (Phi) is 3.42. The maximum atomic E-state index is 9.88. The van der Waals surface area contributed by atoms with Crippen LogP contribution in [0.1, 0.15) is 6.92 Å². The van der Waals surface area contributed by atoms with Gasteiger partial charge in [-0.15, -0.1) is 11.6 Å². The van der Waals surface area contributed by atoms with E-state index in [1.165, 1.54) is 6.92 Å². The van der Waals surface area contributed by atoms with Crippen molar-refractivity contribution in [2.75, 3.05) is 5.88 Å². The molecular formula is C3H7ClO4S. The van der Waals surface area contributed by atoms with Crippen LogP contribution < -0.4 is 0 Å². The topological polar surface area (TPSA) is 63.6 Å². The van der Waals surface area contributed by atoms with E-state index in [1.54, 1.807) is 0 Å². The number of hydrogen-bond donors (Lipinski definition) is 1. The third-order valence-electron chi connectivity index (χ3n) is 0.503. The SMILES string of the molecule is CC(CCl)OS(=O)(=O)O. The lowest BCUT2D eigenvalue weighted by molar-refractivity contribution is 0.216. The lowest BCUT2D eigenvalue weighted by Crippen LogP contribution is -2.15. The van der Waals surface area contributed by atoms with Crippen LogP contribution in [0.25, 0.3) is 0 Å². The Morgan fingerprint density at radius 3 is 2.33 bits per heavy atom. The molecule has 0 amide bonds. The number of hydrogen-bond acceptors (Lipinski definition) is 3. The van der Waals surface area contributed by atoms with Crippen LogP contribution in [0.5, 0.6) is 0 Å². The monoisotopic (exact) mass is 174 g/mol. The van der Waals surface area contributed by atoms with E-state index in [0.717, 1.165) is 0 Å². The maximum Gasteiger partial charge on any atom is 0.397 e. The fraction of sp³-hybridized carbons (Fsp3) is 1.00. The van der Waals surface area contributed by atoms with Crippen molar-refractivity contribution in [3.63, 3.8) is 0 Å². The van der Waals surface area contributed by atoms with E-state index in [2.05, 4.69) is 4.18 Å². The fourth-order valence-electron chi connectivity index (χ4n) is 0.233. The zero-order chi connectivity index (χ0) is 7.49. The summed E-state index contributed by atoms with van der Waals surface area (Å²) in [5.41, 5.74) is 0. The molecule has 0 rings (SSSR count). The first kappa shape index (κ1) is 9.16. The molecule has 0 fully saturated rings. The Morgan fingerprint density at radius 1 is 1.78 bits per heavy atom. The van der Waals surface area contributed by atoms with Gasteiger partial charge in [-0.05, 0) is 6.92 Å². The maximum absolute atomic E-state index is 9.88. The van der Waals surface area contributed by atoms with Crippen molar-refractivity contribution in [3.8, 4) is 0 Å². The van der Waals surface area contributed by atoms with Crippen LogP contribution in [0.3, 0.4) is 0 Å². The smallest absolute Gasteiger partial charge is 0.264 e. The molecular weight excluding hydrogens is 168 g/mol. The van der Waals surface area contributed by atoms with E-state index in [1.807, 2.05) is 0 Å². The van der Waals surface area contributed by atoms with E-state index < -0.39 is 16.5 Å². The predicted octanol–water partition coefficient (Wildman–Crippen LogP) is 0.433. The molecule has 1 unspecified atom stereocenters. The van der Waals surface area contributed by atoms with Crippen LogP contribution in [0, 0.1) is 0 Å². The Bertz CT molecular complexity index is 163. The summed E-state index contributed by atoms with van der Waals surface area (Å²) in [6.07, 6.45) is -0.679. The van der Waals surface area contributed by atoms with Crippen molar-refractivity contribution in [1.82, 2.24) is 0 Å². The van der Waals surface area contributed by atoms with Crippen molar-refractivity contribution < 1.29 is 17.2 Å². The summed E-state index contributed by atoms with van der Waals surface area (Å²) in [4.78, 5) is 0. The Labute approximate surface area is 58.7 Å². The van der Waals surface area contributed by atoms with Gasteiger partial charge < -0.3 is 0 Å². The number of halogens is 1. The predicted molar refractivity (Wildman–Crippen MR) is 32.8 cm³/mol. The van der Waals surface area contributed by atoms with Gasteiger partial charge in [0, 0.05) is 5.88 Å². The lowest BCUT2D eigenvalue weighted by atomic mass is 10.5. The largest absolute Gasteiger partial charge is 0.397 e. The van der Waals surface area contributed by atoms with Crippen LogP contribution in [-0.2, 0) is 14.6 Å². The number of alkyl halides is 1. The summed E-state index contributed by atoms with van der Waals surface area (Å²) in [7, 11) is -4.32. The van der Waals surface area contributed by atoms with Crippen LogP contribution >= 0.6 is 11.6 Å². The molecule has 0 aliphatic rings. The minimum atomic E-state index is -4.32.